The molecule has 2 N–H and O–H groups in total. The van der Waals surface area contributed by atoms with Gasteiger partial charge in [0.2, 0.25) is 0 Å². The molecule has 2 nitrogen and oxygen atoms in total. The predicted molar refractivity (Wildman–Crippen MR) is 66.2 cm³/mol. The fourth-order valence-corrected chi connectivity index (χ4v) is 2.74. The third kappa shape index (κ3) is 2.50. The van der Waals surface area contributed by atoms with Gasteiger partial charge in [-0.3, -0.25) is 0 Å². The minimum absolute atomic E-state index is 0.0527. The molecule has 0 aromatic heterocycles. The van der Waals surface area contributed by atoms with Crippen LogP contribution in [0.1, 0.15) is 36.9 Å². The lowest BCUT2D eigenvalue weighted by Crippen LogP contribution is -2.28. The molecule has 1 heterocycles. The Bertz CT molecular complexity index is 394. The van der Waals surface area contributed by atoms with Crippen molar-refractivity contribution in [3.8, 4) is 0 Å². The van der Waals surface area contributed by atoms with Crippen LogP contribution in [-0.2, 0) is 4.74 Å². The fourth-order valence-electron chi connectivity index (χ4n) is 2.74. The average molecular weight is 237 g/mol. The molecule has 2 rings (SSSR count). The minimum Gasteiger partial charge on any atom is -0.378 e. The largest absolute Gasteiger partial charge is 0.378 e. The molecule has 1 aromatic rings. The molecule has 0 aliphatic carbocycles. The summed E-state index contributed by atoms with van der Waals surface area (Å²) in [5, 5.41) is 0. The molecule has 0 amide bonds. The maximum absolute atomic E-state index is 13.1. The van der Waals surface area contributed by atoms with E-state index in [1.807, 2.05) is 6.92 Å². The van der Waals surface area contributed by atoms with E-state index in [4.69, 9.17) is 10.5 Å². The normalized spacial score (nSPS) is 26.1. The van der Waals surface area contributed by atoms with E-state index in [0.29, 0.717) is 5.92 Å². The highest BCUT2D eigenvalue weighted by Crippen LogP contribution is 2.34. The van der Waals surface area contributed by atoms with Crippen LogP contribution in [0.2, 0.25) is 0 Å². The van der Waals surface area contributed by atoms with Crippen LogP contribution in [0.4, 0.5) is 4.39 Å². The smallest absolute Gasteiger partial charge is 0.123 e. The van der Waals surface area contributed by atoms with Crippen LogP contribution in [-0.4, -0.2) is 12.7 Å². The number of halogens is 1. The fraction of sp³-hybridized carbons (Fsp3) is 0.571. The minimum atomic E-state index is -0.201. The lowest BCUT2D eigenvalue weighted by molar-refractivity contribution is 0.0813. The van der Waals surface area contributed by atoms with Crippen molar-refractivity contribution < 1.29 is 9.13 Å². The van der Waals surface area contributed by atoms with E-state index in [1.165, 1.54) is 6.07 Å². The Balaban J connectivity index is 2.21. The first-order valence-corrected chi connectivity index (χ1v) is 6.26. The Kier molecular flexibility index (Phi) is 3.79. The van der Waals surface area contributed by atoms with Crippen molar-refractivity contribution in [1.82, 2.24) is 0 Å². The molecule has 0 radical (unpaired) electrons. The van der Waals surface area contributed by atoms with E-state index in [2.05, 4.69) is 6.92 Å². The highest BCUT2D eigenvalue weighted by Gasteiger charge is 2.32. The van der Waals surface area contributed by atoms with Gasteiger partial charge in [-0.15, -0.1) is 0 Å². The molecule has 3 atom stereocenters. The van der Waals surface area contributed by atoms with Crippen LogP contribution < -0.4 is 5.73 Å². The van der Waals surface area contributed by atoms with Gasteiger partial charge in [-0.25, -0.2) is 4.39 Å². The predicted octanol–water partition coefficient (Wildman–Crippen LogP) is 2.95. The van der Waals surface area contributed by atoms with Gasteiger partial charge in [-0.2, -0.15) is 0 Å². The first-order chi connectivity index (χ1) is 8.13. The second-order valence-corrected chi connectivity index (χ2v) is 4.80. The second-order valence-electron chi connectivity index (χ2n) is 4.80. The Labute approximate surface area is 102 Å². The Morgan fingerprint density at radius 1 is 1.53 bits per heavy atom. The molecule has 1 fully saturated rings. The molecule has 0 bridgehead atoms. The summed E-state index contributed by atoms with van der Waals surface area (Å²) in [5.41, 5.74) is 8.29. The number of hydrogen-bond acceptors (Lipinski definition) is 2. The monoisotopic (exact) mass is 237 g/mol. The van der Waals surface area contributed by atoms with E-state index in [9.17, 15) is 4.39 Å². The summed E-state index contributed by atoms with van der Waals surface area (Å²) in [6, 6.07) is 4.79. The van der Waals surface area contributed by atoms with Crippen molar-refractivity contribution in [2.75, 3.05) is 6.61 Å². The highest BCUT2D eigenvalue weighted by atomic mass is 19.1. The number of nitrogens with two attached hydrogens (primary N) is 1. The molecule has 1 saturated heterocycles. The Morgan fingerprint density at radius 2 is 2.29 bits per heavy atom. The molecule has 0 saturated carbocycles. The number of benzene rings is 1. The summed E-state index contributed by atoms with van der Waals surface area (Å²) < 4.78 is 18.7. The molecule has 94 valence electrons. The first kappa shape index (κ1) is 12.5. The van der Waals surface area contributed by atoms with Gasteiger partial charge in [-0.05, 0) is 43.0 Å². The van der Waals surface area contributed by atoms with Crippen molar-refractivity contribution in [2.45, 2.75) is 38.8 Å². The Hall–Kier alpha value is -0.930. The molecule has 0 spiro atoms. The number of ether oxygens (including phenoxy) is 1. The molecule has 3 heteroatoms. The van der Waals surface area contributed by atoms with E-state index in [0.717, 1.165) is 30.6 Å². The van der Waals surface area contributed by atoms with Gasteiger partial charge >= 0.3 is 0 Å². The number of rotatable bonds is 3. The molecule has 17 heavy (non-hydrogen) atoms. The van der Waals surface area contributed by atoms with Crippen LogP contribution in [0.25, 0.3) is 0 Å². The van der Waals surface area contributed by atoms with Gasteiger partial charge in [0.05, 0.1) is 6.10 Å². The van der Waals surface area contributed by atoms with Gasteiger partial charge < -0.3 is 10.5 Å². The maximum atomic E-state index is 13.1. The van der Waals surface area contributed by atoms with Gasteiger partial charge in [0.15, 0.2) is 0 Å². The molecule has 1 aromatic carbocycles. The highest BCUT2D eigenvalue weighted by molar-refractivity contribution is 5.30. The number of aryl methyl sites for hydroxylation is 1. The maximum Gasteiger partial charge on any atom is 0.123 e. The van der Waals surface area contributed by atoms with Crippen molar-refractivity contribution in [1.29, 1.82) is 0 Å². The van der Waals surface area contributed by atoms with E-state index in [-0.39, 0.29) is 18.0 Å². The standard InChI is InChI=1S/C14H20FNO/c1-3-13-12(6-7-17-13)14(16)11-5-4-10(15)8-9(11)2/h4-5,8,12-14H,3,6-7,16H2,1-2H3. The van der Waals surface area contributed by atoms with Crippen LogP contribution >= 0.6 is 0 Å². The molecular formula is C14H20FNO. The van der Waals surface area contributed by atoms with E-state index >= 15 is 0 Å². The van der Waals surface area contributed by atoms with E-state index < -0.39 is 0 Å². The summed E-state index contributed by atoms with van der Waals surface area (Å²) >= 11 is 0. The lowest BCUT2D eigenvalue weighted by Gasteiger charge is -2.25. The lowest BCUT2D eigenvalue weighted by atomic mass is 9.85. The van der Waals surface area contributed by atoms with Crippen LogP contribution in [0.15, 0.2) is 18.2 Å². The van der Waals surface area contributed by atoms with Crippen molar-refractivity contribution in [3.63, 3.8) is 0 Å². The van der Waals surface area contributed by atoms with Crippen molar-refractivity contribution in [3.05, 3.63) is 35.1 Å². The van der Waals surface area contributed by atoms with Crippen LogP contribution in [0.3, 0.4) is 0 Å². The first-order valence-electron chi connectivity index (χ1n) is 6.26. The second kappa shape index (κ2) is 5.15. The van der Waals surface area contributed by atoms with Gasteiger partial charge in [0.1, 0.15) is 5.82 Å². The number of hydrogen-bond donors (Lipinski definition) is 1. The summed E-state index contributed by atoms with van der Waals surface area (Å²) in [5.74, 6) is 0.150. The summed E-state index contributed by atoms with van der Waals surface area (Å²) in [6.07, 6.45) is 2.23. The van der Waals surface area contributed by atoms with E-state index in [1.54, 1.807) is 12.1 Å². The summed E-state index contributed by atoms with van der Waals surface area (Å²) in [4.78, 5) is 0. The zero-order valence-electron chi connectivity index (χ0n) is 10.4. The van der Waals surface area contributed by atoms with Gasteiger partial charge in [-0.1, -0.05) is 13.0 Å². The molecule has 3 unspecified atom stereocenters. The molecule has 1 aliphatic rings. The SMILES string of the molecule is CCC1OCCC1C(N)c1ccc(F)cc1C. The summed E-state index contributed by atoms with van der Waals surface area (Å²) in [6.45, 7) is 4.82. The van der Waals surface area contributed by atoms with Gasteiger partial charge in [0.25, 0.3) is 0 Å². The van der Waals surface area contributed by atoms with Gasteiger partial charge in [0, 0.05) is 18.6 Å². The zero-order chi connectivity index (χ0) is 12.4. The third-order valence-corrected chi connectivity index (χ3v) is 3.72. The quantitative estimate of drug-likeness (QED) is 0.877. The zero-order valence-corrected chi connectivity index (χ0v) is 10.4. The Morgan fingerprint density at radius 3 is 2.94 bits per heavy atom. The van der Waals surface area contributed by atoms with Crippen LogP contribution in [0.5, 0.6) is 0 Å². The molecule has 1 aliphatic heterocycles. The van der Waals surface area contributed by atoms with Crippen molar-refractivity contribution in [2.24, 2.45) is 11.7 Å². The molecular weight excluding hydrogens is 217 g/mol. The van der Waals surface area contributed by atoms with Crippen LogP contribution in [0, 0.1) is 18.7 Å². The average Bonchev–Trinajstić information content (AvgIpc) is 2.76. The topological polar surface area (TPSA) is 35.2 Å². The summed E-state index contributed by atoms with van der Waals surface area (Å²) in [7, 11) is 0. The van der Waals surface area contributed by atoms with Crippen molar-refractivity contribution >= 4 is 0 Å². The third-order valence-electron chi connectivity index (χ3n) is 3.72.